The Hall–Kier alpha value is -4.94. The fourth-order valence-corrected chi connectivity index (χ4v) is 9.65. The molecule has 0 nitrogen and oxygen atoms in total. The lowest BCUT2D eigenvalue weighted by Gasteiger charge is -2.46. The fraction of sp³-hybridized carbons (Fsp3) is 0.255. The van der Waals surface area contributed by atoms with Gasteiger partial charge < -0.3 is 0 Å². The van der Waals surface area contributed by atoms with Gasteiger partial charge in [0.1, 0.15) is 0 Å². The van der Waals surface area contributed by atoms with E-state index in [2.05, 4.69) is 203 Å². The Morgan fingerprint density at radius 3 is 1.25 bits per heavy atom. The summed E-state index contributed by atoms with van der Waals surface area (Å²) >= 11 is 0. The number of hydrogen-bond donors (Lipinski definition) is 0. The van der Waals surface area contributed by atoms with Crippen LogP contribution in [0.25, 0.3) is 27.8 Å². The van der Waals surface area contributed by atoms with Gasteiger partial charge in [-0.1, -0.05) is 172 Å². The summed E-state index contributed by atoms with van der Waals surface area (Å²) in [4.78, 5) is 0. The van der Waals surface area contributed by atoms with Crippen LogP contribution in [0.1, 0.15) is 91.5 Å². The van der Waals surface area contributed by atoms with Gasteiger partial charge >= 0.3 is 0 Å². The molecule has 0 fully saturated rings. The van der Waals surface area contributed by atoms with Crippen LogP contribution in [-0.2, 0) is 5.41 Å². The molecule has 2 aliphatic carbocycles. The molecule has 0 heteroatoms. The largest absolute Gasteiger partial charge is 0.0681 e. The van der Waals surface area contributed by atoms with Crippen molar-refractivity contribution < 1.29 is 0 Å². The zero-order valence-corrected chi connectivity index (χ0v) is 32.2. The smallest absolute Gasteiger partial charge is 0.0622 e. The summed E-state index contributed by atoms with van der Waals surface area (Å²) in [5.41, 5.74) is 20.7. The van der Waals surface area contributed by atoms with Crippen LogP contribution in [0.15, 0.2) is 172 Å². The topological polar surface area (TPSA) is 0 Å². The van der Waals surface area contributed by atoms with Crippen molar-refractivity contribution in [1.29, 1.82) is 0 Å². The van der Waals surface area contributed by atoms with Crippen LogP contribution >= 0.6 is 0 Å². The van der Waals surface area contributed by atoms with Gasteiger partial charge in [0.15, 0.2) is 0 Å². The summed E-state index contributed by atoms with van der Waals surface area (Å²) in [6.07, 6.45) is 0. The first kappa shape index (κ1) is 34.5. The van der Waals surface area contributed by atoms with Crippen molar-refractivity contribution in [3.63, 3.8) is 0 Å². The Morgan fingerprint density at radius 1 is 0.392 bits per heavy atom. The van der Waals surface area contributed by atoms with Crippen LogP contribution in [0.2, 0.25) is 0 Å². The minimum absolute atomic E-state index is 0.181. The average molecular weight is 665 g/mol. The van der Waals surface area contributed by atoms with Crippen LogP contribution in [0.3, 0.4) is 0 Å². The lowest BCUT2D eigenvalue weighted by atomic mass is 9.55. The van der Waals surface area contributed by atoms with Gasteiger partial charge in [-0.2, -0.15) is 0 Å². The first-order chi connectivity index (χ1) is 24.4. The highest BCUT2D eigenvalue weighted by Crippen LogP contribution is 2.63. The molecule has 5 aromatic carbocycles. The van der Waals surface area contributed by atoms with Crippen LogP contribution in [-0.4, -0.2) is 0 Å². The van der Waals surface area contributed by atoms with Gasteiger partial charge in [0, 0.05) is 10.8 Å². The minimum Gasteiger partial charge on any atom is -0.0622 e. The molecule has 0 bridgehead atoms. The molecule has 51 heavy (non-hydrogen) atoms. The van der Waals surface area contributed by atoms with E-state index in [0.29, 0.717) is 0 Å². The molecule has 0 N–H and O–H groups in total. The van der Waals surface area contributed by atoms with Crippen LogP contribution in [0, 0.1) is 10.8 Å². The van der Waals surface area contributed by atoms with E-state index in [9.17, 15) is 0 Å². The second kappa shape index (κ2) is 12.7. The number of allylic oxidation sites excluding steroid dienone is 8. The summed E-state index contributed by atoms with van der Waals surface area (Å²) < 4.78 is 0. The first-order valence-corrected chi connectivity index (χ1v) is 18.6. The zero-order valence-electron chi connectivity index (χ0n) is 32.2. The Kier molecular flexibility index (Phi) is 8.58. The molecular weight excluding hydrogens is 613 g/mol. The maximum absolute atomic E-state index is 2.50. The lowest BCUT2D eigenvalue weighted by Crippen LogP contribution is -2.39. The van der Waals surface area contributed by atoms with Gasteiger partial charge in [-0.15, -0.1) is 0 Å². The van der Waals surface area contributed by atoms with Crippen LogP contribution in [0.5, 0.6) is 0 Å². The summed E-state index contributed by atoms with van der Waals surface area (Å²) in [6, 6.07) is 49.8. The molecule has 0 saturated heterocycles. The monoisotopic (exact) mass is 664 g/mol. The van der Waals surface area contributed by atoms with E-state index in [1.165, 1.54) is 89.1 Å². The molecule has 0 radical (unpaired) electrons. The van der Waals surface area contributed by atoms with Crippen molar-refractivity contribution >= 4 is 5.57 Å². The predicted molar refractivity (Wildman–Crippen MR) is 220 cm³/mol. The average Bonchev–Trinajstić information content (AvgIpc) is 3.41. The number of benzene rings is 5. The Morgan fingerprint density at radius 2 is 0.824 bits per heavy atom. The maximum atomic E-state index is 2.50. The van der Waals surface area contributed by atoms with E-state index in [1.807, 2.05) is 0 Å². The second-order valence-electron chi connectivity index (χ2n) is 15.9. The maximum Gasteiger partial charge on any atom is 0.0681 e. The molecule has 0 spiro atoms. The molecule has 0 aromatic heterocycles. The van der Waals surface area contributed by atoms with Crippen molar-refractivity contribution in [3.8, 4) is 22.3 Å². The summed E-state index contributed by atoms with van der Waals surface area (Å²) in [6.45, 7) is 23.9. The van der Waals surface area contributed by atoms with Crippen molar-refractivity contribution in [3.05, 3.63) is 195 Å². The minimum atomic E-state index is -0.600. The molecule has 0 saturated carbocycles. The van der Waals surface area contributed by atoms with Crippen molar-refractivity contribution in [2.75, 3.05) is 0 Å². The summed E-state index contributed by atoms with van der Waals surface area (Å²) in [5, 5.41) is 0. The van der Waals surface area contributed by atoms with Crippen molar-refractivity contribution in [1.82, 2.24) is 0 Å². The van der Waals surface area contributed by atoms with Gasteiger partial charge in [-0.05, 0) is 119 Å². The van der Waals surface area contributed by atoms with E-state index >= 15 is 0 Å². The molecule has 7 rings (SSSR count). The van der Waals surface area contributed by atoms with E-state index in [-0.39, 0.29) is 10.8 Å². The Labute approximate surface area is 307 Å². The van der Waals surface area contributed by atoms with Crippen LogP contribution in [0.4, 0.5) is 0 Å². The third kappa shape index (κ3) is 5.09. The zero-order chi connectivity index (χ0) is 36.3. The third-order valence-corrected chi connectivity index (χ3v) is 12.9. The normalized spacial score (nSPS) is 17.2. The standard InChI is InChI=1S/C51H52/c1-33-35(3)47(49(7,8)37(33)5)46-44(32-31-43(39-23-15-11-16-24-39)45(46)40-25-17-12-18-26-40)51(41-27-19-13-20-28-41,42-29-21-14-22-30-42)48-36(4)34(2)38(6)50(48,9)10/h11-32H,1-10H3. The molecule has 0 heterocycles. The molecule has 2 aliphatic rings. The number of rotatable bonds is 7. The van der Waals surface area contributed by atoms with Crippen LogP contribution < -0.4 is 0 Å². The van der Waals surface area contributed by atoms with Gasteiger partial charge in [0.25, 0.3) is 0 Å². The number of hydrogen-bond acceptors (Lipinski definition) is 0. The first-order valence-electron chi connectivity index (χ1n) is 18.6. The van der Waals surface area contributed by atoms with Gasteiger partial charge in [0.05, 0.1) is 5.41 Å². The third-order valence-electron chi connectivity index (χ3n) is 12.9. The molecule has 0 amide bonds. The SMILES string of the molecule is CC1=C(C)C(C)(C)C(c2c(C(C3=C(C)C(C)=C(C)C3(C)C)(c3ccccc3)c3ccccc3)ccc(-c3ccccc3)c2-c2ccccc2)=C1C. The molecule has 0 unspecified atom stereocenters. The van der Waals surface area contributed by atoms with Crippen molar-refractivity contribution in [2.24, 2.45) is 10.8 Å². The van der Waals surface area contributed by atoms with Gasteiger partial charge in [-0.3, -0.25) is 0 Å². The second-order valence-corrected chi connectivity index (χ2v) is 15.9. The Balaban J connectivity index is 1.80. The highest BCUT2D eigenvalue weighted by atomic mass is 14.5. The molecule has 0 aliphatic heterocycles. The quantitative estimate of drug-likeness (QED) is 0.152. The molecule has 5 aromatic rings. The lowest BCUT2D eigenvalue weighted by molar-refractivity contribution is 0.475. The van der Waals surface area contributed by atoms with Gasteiger partial charge in [-0.25, -0.2) is 0 Å². The van der Waals surface area contributed by atoms with E-state index in [0.717, 1.165) is 0 Å². The fourth-order valence-electron chi connectivity index (χ4n) is 9.65. The molecule has 0 atom stereocenters. The van der Waals surface area contributed by atoms with E-state index in [4.69, 9.17) is 0 Å². The highest BCUT2D eigenvalue weighted by molar-refractivity contribution is 5.99. The molecule has 256 valence electrons. The highest BCUT2D eigenvalue weighted by Gasteiger charge is 2.52. The van der Waals surface area contributed by atoms with Crippen molar-refractivity contribution in [2.45, 2.75) is 74.7 Å². The summed E-state index contributed by atoms with van der Waals surface area (Å²) in [7, 11) is 0. The molecular formula is C51H52. The van der Waals surface area contributed by atoms with E-state index in [1.54, 1.807) is 0 Å². The predicted octanol–water partition coefficient (Wildman–Crippen LogP) is 14.2. The Bertz CT molecular complexity index is 2210. The van der Waals surface area contributed by atoms with E-state index < -0.39 is 5.41 Å². The van der Waals surface area contributed by atoms with Gasteiger partial charge in [0.2, 0.25) is 0 Å². The summed E-state index contributed by atoms with van der Waals surface area (Å²) in [5.74, 6) is 0.